The summed E-state index contributed by atoms with van der Waals surface area (Å²) in [5.74, 6) is 2.72. The highest BCUT2D eigenvalue weighted by atomic mass is 16.5. The summed E-state index contributed by atoms with van der Waals surface area (Å²) in [7, 11) is 1.69. The van der Waals surface area contributed by atoms with E-state index in [2.05, 4.69) is 16.3 Å². The molecule has 0 aliphatic carbocycles. The first kappa shape index (κ1) is 20.7. The number of nitrogens with one attached hydrogen (secondary N) is 1. The zero-order valence-corrected chi connectivity index (χ0v) is 18.5. The van der Waals surface area contributed by atoms with Crippen LogP contribution in [0, 0.1) is 12.8 Å². The summed E-state index contributed by atoms with van der Waals surface area (Å²) < 4.78 is 10.8. The van der Waals surface area contributed by atoms with Gasteiger partial charge in [0.25, 0.3) is 5.91 Å². The van der Waals surface area contributed by atoms with Crippen molar-refractivity contribution in [3.8, 4) is 17.0 Å². The van der Waals surface area contributed by atoms with Crippen molar-refractivity contribution < 1.29 is 13.9 Å². The van der Waals surface area contributed by atoms with Crippen molar-refractivity contribution in [1.82, 2.24) is 20.2 Å². The van der Waals surface area contributed by atoms with Gasteiger partial charge in [0, 0.05) is 36.3 Å². The number of carbonyl (C=O) groups excluding carboxylic acids is 1. The Morgan fingerprint density at radius 3 is 2.88 bits per heavy atom. The average molecular weight is 433 g/mol. The van der Waals surface area contributed by atoms with Crippen molar-refractivity contribution in [1.29, 1.82) is 0 Å². The van der Waals surface area contributed by atoms with Crippen LogP contribution in [-0.4, -0.2) is 53.6 Å². The highest BCUT2D eigenvalue weighted by molar-refractivity contribution is 5.91. The number of benzene rings is 1. The second-order valence-electron chi connectivity index (χ2n) is 8.65. The Bertz CT molecular complexity index is 1100. The SMILES string of the molecule is COc1ccccc1-c1cc([C@@H]2CN3CC[C@H]2C[C@@H]3CNC(=O)c2ccco2)nc(C)n1. The second-order valence-corrected chi connectivity index (χ2v) is 8.65. The molecule has 3 fully saturated rings. The predicted octanol–water partition coefficient (Wildman–Crippen LogP) is 3.66. The predicted molar refractivity (Wildman–Crippen MR) is 121 cm³/mol. The minimum absolute atomic E-state index is 0.151. The standard InChI is InChI=1S/C25H28N4O3/c1-16-27-21(19-6-3-4-7-23(19)31-2)13-22(28-16)20-15-29-10-9-17(20)12-18(29)14-26-25(30)24-8-5-11-32-24/h3-8,11,13,17-18,20H,9-10,12,14-15H2,1-2H3,(H,26,30)/t17-,18+,20+/m0/s1. The molecule has 2 bridgehead atoms. The average Bonchev–Trinajstić information content (AvgIpc) is 3.37. The van der Waals surface area contributed by atoms with Crippen LogP contribution in [0.25, 0.3) is 11.3 Å². The lowest BCUT2D eigenvalue weighted by molar-refractivity contribution is 0.0288. The van der Waals surface area contributed by atoms with Gasteiger partial charge in [0.2, 0.25) is 0 Å². The zero-order valence-electron chi connectivity index (χ0n) is 18.5. The number of piperidine rings is 3. The first-order valence-electron chi connectivity index (χ1n) is 11.2. The van der Waals surface area contributed by atoms with E-state index in [0.717, 1.165) is 54.5 Å². The van der Waals surface area contributed by atoms with Crippen LogP contribution in [0.1, 0.15) is 40.8 Å². The molecule has 0 saturated carbocycles. The summed E-state index contributed by atoms with van der Waals surface area (Å²) in [6.07, 6.45) is 3.73. The van der Waals surface area contributed by atoms with E-state index in [9.17, 15) is 4.79 Å². The molecule has 2 aromatic heterocycles. The van der Waals surface area contributed by atoms with Crippen LogP contribution < -0.4 is 10.1 Å². The highest BCUT2D eigenvalue weighted by Gasteiger charge is 2.41. The van der Waals surface area contributed by atoms with Crippen LogP contribution in [0.15, 0.2) is 53.1 Å². The molecule has 1 N–H and O–H groups in total. The van der Waals surface area contributed by atoms with Gasteiger partial charge in [0.15, 0.2) is 5.76 Å². The Morgan fingerprint density at radius 1 is 1.25 bits per heavy atom. The van der Waals surface area contributed by atoms with Crippen LogP contribution in [0.2, 0.25) is 0 Å². The van der Waals surface area contributed by atoms with Gasteiger partial charge >= 0.3 is 0 Å². The number of ether oxygens (including phenoxy) is 1. The van der Waals surface area contributed by atoms with Gasteiger partial charge in [-0.1, -0.05) is 12.1 Å². The summed E-state index contributed by atoms with van der Waals surface area (Å²) in [6, 6.07) is 13.9. The van der Waals surface area contributed by atoms with Gasteiger partial charge in [-0.15, -0.1) is 0 Å². The quantitative estimate of drug-likeness (QED) is 0.640. The normalized spacial score (nSPS) is 24.3. The molecule has 32 heavy (non-hydrogen) atoms. The van der Waals surface area contributed by atoms with Crippen molar-refractivity contribution in [2.24, 2.45) is 5.92 Å². The first-order valence-corrected chi connectivity index (χ1v) is 11.2. The van der Waals surface area contributed by atoms with Crippen molar-refractivity contribution in [2.45, 2.75) is 31.7 Å². The topological polar surface area (TPSA) is 80.5 Å². The molecule has 1 aromatic carbocycles. The molecule has 3 aromatic rings. The molecular weight excluding hydrogens is 404 g/mol. The number of para-hydroxylation sites is 1. The molecule has 0 radical (unpaired) electrons. The summed E-state index contributed by atoms with van der Waals surface area (Å²) in [4.78, 5) is 24.3. The Hall–Kier alpha value is -3.19. The molecule has 0 spiro atoms. The third-order valence-corrected chi connectivity index (χ3v) is 6.74. The van der Waals surface area contributed by atoms with E-state index < -0.39 is 0 Å². The number of hydrogen-bond donors (Lipinski definition) is 1. The molecular formula is C25H28N4O3. The van der Waals surface area contributed by atoms with Crippen molar-refractivity contribution in [3.63, 3.8) is 0 Å². The van der Waals surface area contributed by atoms with E-state index in [-0.39, 0.29) is 5.91 Å². The molecule has 4 atom stereocenters. The number of methoxy groups -OCH3 is 1. The molecule has 1 amide bonds. The number of hydrogen-bond acceptors (Lipinski definition) is 6. The highest BCUT2D eigenvalue weighted by Crippen LogP contribution is 2.42. The lowest BCUT2D eigenvalue weighted by Crippen LogP contribution is -2.56. The second kappa shape index (κ2) is 8.74. The van der Waals surface area contributed by atoms with Crippen LogP contribution in [0.4, 0.5) is 0 Å². The Labute approximate surface area is 187 Å². The van der Waals surface area contributed by atoms with Gasteiger partial charge < -0.3 is 14.5 Å². The first-order chi connectivity index (χ1) is 15.6. The van der Waals surface area contributed by atoms with E-state index in [1.807, 2.05) is 31.2 Å². The lowest BCUT2D eigenvalue weighted by atomic mass is 9.74. The molecule has 6 rings (SSSR count). The number of nitrogens with zero attached hydrogens (tertiary/aromatic N) is 3. The summed E-state index contributed by atoms with van der Waals surface area (Å²) >= 11 is 0. The molecule has 7 heteroatoms. The van der Waals surface area contributed by atoms with E-state index in [1.165, 1.54) is 6.26 Å². The number of aryl methyl sites for hydroxylation is 1. The van der Waals surface area contributed by atoms with Crippen molar-refractivity contribution >= 4 is 5.91 Å². The molecule has 1 unspecified atom stereocenters. The van der Waals surface area contributed by atoms with Gasteiger partial charge in [-0.05, 0) is 62.6 Å². The lowest BCUT2D eigenvalue weighted by Gasteiger charge is -2.49. The van der Waals surface area contributed by atoms with Crippen LogP contribution in [0.5, 0.6) is 5.75 Å². The maximum Gasteiger partial charge on any atom is 0.287 e. The van der Waals surface area contributed by atoms with E-state index in [0.29, 0.717) is 30.2 Å². The number of fused-ring (bicyclic) bond motifs is 3. The van der Waals surface area contributed by atoms with E-state index in [4.69, 9.17) is 19.1 Å². The van der Waals surface area contributed by atoms with Crippen LogP contribution in [0.3, 0.4) is 0 Å². The molecule has 5 heterocycles. The fraction of sp³-hybridized carbons (Fsp3) is 0.400. The molecule has 3 saturated heterocycles. The van der Waals surface area contributed by atoms with E-state index in [1.54, 1.807) is 19.2 Å². The maximum atomic E-state index is 12.3. The van der Waals surface area contributed by atoms with Gasteiger partial charge in [0.05, 0.1) is 19.1 Å². The number of amides is 1. The smallest absolute Gasteiger partial charge is 0.287 e. The number of carbonyl (C=O) groups is 1. The fourth-order valence-corrected chi connectivity index (χ4v) is 5.17. The monoisotopic (exact) mass is 432 g/mol. The Balaban J connectivity index is 1.32. The summed E-state index contributed by atoms with van der Waals surface area (Å²) in [5, 5.41) is 3.03. The van der Waals surface area contributed by atoms with E-state index >= 15 is 0 Å². The molecule has 7 nitrogen and oxygen atoms in total. The zero-order chi connectivity index (χ0) is 22.1. The largest absolute Gasteiger partial charge is 0.496 e. The number of aromatic nitrogens is 2. The van der Waals surface area contributed by atoms with Gasteiger partial charge in [-0.25, -0.2) is 9.97 Å². The Kier molecular flexibility index (Phi) is 5.66. The number of furan rings is 1. The van der Waals surface area contributed by atoms with Gasteiger partial charge in [0.1, 0.15) is 11.6 Å². The van der Waals surface area contributed by atoms with Crippen molar-refractivity contribution in [2.75, 3.05) is 26.7 Å². The van der Waals surface area contributed by atoms with Gasteiger partial charge in [-0.3, -0.25) is 9.69 Å². The molecule has 3 aliphatic heterocycles. The third-order valence-electron chi connectivity index (χ3n) is 6.74. The third kappa shape index (κ3) is 4.00. The summed E-state index contributed by atoms with van der Waals surface area (Å²) in [5.41, 5.74) is 3.00. The minimum Gasteiger partial charge on any atom is -0.496 e. The van der Waals surface area contributed by atoms with Gasteiger partial charge in [-0.2, -0.15) is 0 Å². The van der Waals surface area contributed by atoms with Crippen LogP contribution in [-0.2, 0) is 0 Å². The molecule has 166 valence electrons. The van der Waals surface area contributed by atoms with Crippen molar-refractivity contribution in [3.05, 3.63) is 66.0 Å². The fourth-order valence-electron chi connectivity index (χ4n) is 5.17. The maximum absolute atomic E-state index is 12.3. The molecule has 3 aliphatic rings. The van der Waals surface area contributed by atoms with Crippen LogP contribution >= 0.6 is 0 Å². The minimum atomic E-state index is -0.151. The number of rotatable bonds is 6. The Morgan fingerprint density at radius 2 is 2.12 bits per heavy atom. The summed E-state index contributed by atoms with van der Waals surface area (Å²) in [6.45, 7) is 4.61.